The molecule has 1 saturated heterocycles. The lowest BCUT2D eigenvalue weighted by atomic mass is 9.93. The summed E-state index contributed by atoms with van der Waals surface area (Å²) in [7, 11) is 0. The molecule has 13 heteroatoms. The van der Waals surface area contributed by atoms with Crippen molar-refractivity contribution in [1.29, 1.82) is 0 Å². The van der Waals surface area contributed by atoms with E-state index in [1.807, 2.05) is 18.2 Å². The van der Waals surface area contributed by atoms with E-state index in [1.165, 1.54) is 6.33 Å². The lowest BCUT2D eigenvalue weighted by Crippen LogP contribution is -2.46. The molecular weight excluding hydrogens is 506 g/mol. The number of fused-ring (bicyclic) bond motifs is 1. The number of piperidine rings is 1. The SMILES string of the molecule is Nc1nc(CC2CCN(C(=O)Oc3ccccc3)CC2)nc2c1ncn2CO[C@H](C(=O)NC1CC1)[C@H](O)CO. The zero-order valence-electron chi connectivity index (χ0n) is 21.5. The maximum Gasteiger partial charge on any atom is 0.415 e. The molecule has 5 N–H and O–H groups in total. The van der Waals surface area contributed by atoms with E-state index in [0.717, 1.165) is 25.7 Å². The Hall–Kier alpha value is -3.81. The highest BCUT2D eigenvalue weighted by Crippen LogP contribution is 2.24. The summed E-state index contributed by atoms with van der Waals surface area (Å²) in [6.45, 7) is 0.387. The zero-order valence-corrected chi connectivity index (χ0v) is 21.5. The van der Waals surface area contributed by atoms with Crippen LogP contribution in [0.1, 0.15) is 31.5 Å². The molecule has 3 aromatic rings. The van der Waals surface area contributed by atoms with Gasteiger partial charge in [0.2, 0.25) is 0 Å². The van der Waals surface area contributed by atoms with Crippen molar-refractivity contribution in [2.45, 2.75) is 57.1 Å². The number of nitrogens with two attached hydrogens (primary N) is 1. The monoisotopic (exact) mass is 539 g/mol. The third-order valence-corrected chi connectivity index (χ3v) is 6.94. The second kappa shape index (κ2) is 11.9. The number of carbonyl (C=O) groups is 2. The zero-order chi connectivity index (χ0) is 27.4. The molecule has 39 heavy (non-hydrogen) atoms. The number of rotatable bonds is 10. The molecule has 3 heterocycles. The van der Waals surface area contributed by atoms with Gasteiger partial charge in [-0.2, -0.15) is 0 Å². The molecule has 1 aliphatic carbocycles. The van der Waals surface area contributed by atoms with Crippen LogP contribution in [0.15, 0.2) is 36.7 Å². The number of anilines is 1. The highest BCUT2D eigenvalue weighted by atomic mass is 16.6. The number of hydrogen-bond donors (Lipinski definition) is 4. The number of hydrogen-bond acceptors (Lipinski definition) is 10. The molecule has 0 radical (unpaired) electrons. The van der Waals surface area contributed by atoms with E-state index in [-0.39, 0.29) is 30.6 Å². The number of para-hydroxylation sites is 1. The van der Waals surface area contributed by atoms with Gasteiger partial charge in [-0.1, -0.05) is 18.2 Å². The van der Waals surface area contributed by atoms with Gasteiger partial charge in [0.1, 0.15) is 29.9 Å². The second-order valence-electron chi connectivity index (χ2n) is 9.98. The largest absolute Gasteiger partial charge is 0.415 e. The fraction of sp³-hybridized carbons (Fsp3) is 0.500. The molecule has 0 bridgehead atoms. The average molecular weight is 540 g/mol. The molecule has 2 amide bonds. The first-order valence-corrected chi connectivity index (χ1v) is 13.1. The number of nitrogens with zero attached hydrogens (tertiary/aromatic N) is 5. The van der Waals surface area contributed by atoms with E-state index < -0.39 is 24.7 Å². The van der Waals surface area contributed by atoms with E-state index in [1.54, 1.807) is 21.6 Å². The van der Waals surface area contributed by atoms with Crippen molar-refractivity contribution in [2.75, 3.05) is 25.4 Å². The van der Waals surface area contributed by atoms with Crippen LogP contribution in [0.2, 0.25) is 0 Å². The first kappa shape index (κ1) is 26.8. The predicted octanol–water partition coefficient (Wildman–Crippen LogP) is 0.836. The van der Waals surface area contributed by atoms with Crippen LogP contribution in [0.5, 0.6) is 5.75 Å². The third kappa shape index (κ3) is 6.61. The van der Waals surface area contributed by atoms with E-state index >= 15 is 0 Å². The number of carbonyl (C=O) groups excluding carboxylic acids is 2. The fourth-order valence-electron chi connectivity index (χ4n) is 4.56. The summed E-state index contributed by atoms with van der Waals surface area (Å²) in [5.74, 6) is 1.08. The molecule has 2 aliphatic rings. The Morgan fingerprint density at radius 2 is 1.87 bits per heavy atom. The van der Waals surface area contributed by atoms with Gasteiger partial charge in [0.05, 0.1) is 12.9 Å². The van der Waals surface area contributed by atoms with Crippen molar-refractivity contribution in [1.82, 2.24) is 29.7 Å². The summed E-state index contributed by atoms with van der Waals surface area (Å²) >= 11 is 0. The molecule has 13 nitrogen and oxygen atoms in total. The molecule has 1 saturated carbocycles. The lowest BCUT2D eigenvalue weighted by molar-refractivity contribution is -0.147. The number of likely N-dealkylation sites (tertiary alicyclic amines) is 1. The minimum absolute atomic E-state index is 0.0834. The quantitative estimate of drug-likeness (QED) is 0.288. The van der Waals surface area contributed by atoms with Crippen LogP contribution < -0.4 is 15.8 Å². The van der Waals surface area contributed by atoms with Crippen LogP contribution in [0, 0.1) is 5.92 Å². The summed E-state index contributed by atoms with van der Waals surface area (Å²) in [5.41, 5.74) is 7.02. The number of nitrogens with one attached hydrogen (secondary N) is 1. The first-order valence-electron chi connectivity index (χ1n) is 13.1. The van der Waals surface area contributed by atoms with E-state index in [0.29, 0.717) is 42.2 Å². The number of benzene rings is 1. The Bertz CT molecular complexity index is 1290. The first-order chi connectivity index (χ1) is 18.9. The number of aliphatic hydroxyl groups excluding tert-OH is 2. The van der Waals surface area contributed by atoms with Gasteiger partial charge in [-0.3, -0.25) is 9.36 Å². The smallest absolute Gasteiger partial charge is 0.410 e. The number of nitrogen functional groups attached to an aromatic ring is 1. The number of aliphatic hydroxyl groups is 2. The van der Waals surface area contributed by atoms with Crippen LogP contribution in [0.3, 0.4) is 0 Å². The minimum Gasteiger partial charge on any atom is -0.410 e. The van der Waals surface area contributed by atoms with Crippen molar-refractivity contribution in [3.63, 3.8) is 0 Å². The molecular formula is C26H33N7O6. The van der Waals surface area contributed by atoms with Crippen LogP contribution >= 0.6 is 0 Å². The maximum absolute atomic E-state index is 12.5. The average Bonchev–Trinajstić information content (AvgIpc) is 3.66. The Labute approximate surface area is 224 Å². The van der Waals surface area contributed by atoms with Crippen molar-refractivity contribution in [2.24, 2.45) is 5.92 Å². The summed E-state index contributed by atoms with van der Waals surface area (Å²) in [4.78, 5) is 40.0. The van der Waals surface area contributed by atoms with E-state index in [4.69, 9.17) is 15.2 Å². The number of aromatic nitrogens is 4. The van der Waals surface area contributed by atoms with E-state index in [2.05, 4.69) is 20.3 Å². The van der Waals surface area contributed by atoms with Crippen molar-refractivity contribution < 1.29 is 29.3 Å². The highest BCUT2D eigenvalue weighted by molar-refractivity contribution is 5.82. The van der Waals surface area contributed by atoms with Crippen molar-refractivity contribution in [3.05, 3.63) is 42.5 Å². The van der Waals surface area contributed by atoms with Gasteiger partial charge in [-0.05, 0) is 43.7 Å². The summed E-state index contributed by atoms with van der Waals surface area (Å²) in [5, 5.41) is 22.3. The predicted molar refractivity (Wildman–Crippen MR) is 139 cm³/mol. The molecule has 0 unspecified atom stereocenters. The summed E-state index contributed by atoms with van der Waals surface area (Å²) < 4.78 is 12.7. The lowest BCUT2D eigenvalue weighted by Gasteiger charge is -2.31. The number of ether oxygens (including phenoxy) is 2. The summed E-state index contributed by atoms with van der Waals surface area (Å²) in [6.07, 6.45) is 2.39. The number of amides is 2. The standard InChI is InChI=1S/C26H33N7O6/c27-23-21-24(33(14-28-21)15-38-22(19(35)13-34)25(36)29-17-6-7-17)31-20(30-23)12-16-8-10-32(11-9-16)26(37)39-18-4-2-1-3-5-18/h1-5,14,16-17,19,22,34-35H,6-13,15H2,(H,29,36)(H2,27,30,31)/t19-,22+/m1/s1. The van der Waals surface area contributed by atoms with Crippen molar-refractivity contribution >= 4 is 29.0 Å². The Balaban J connectivity index is 1.20. The summed E-state index contributed by atoms with van der Waals surface area (Å²) in [6, 6.07) is 9.07. The fourth-order valence-corrected chi connectivity index (χ4v) is 4.56. The van der Waals surface area contributed by atoms with Crippen LogP contribution in [0.4, 0.5) is 10.6 Å². The van der Waals surface area contributed by atoms with Gasteiger partial charge < -0.3 is 35.6 Å². The maximum atomic E-state index is 12.5. The molecule has 208 valence electrons. The van der Waals surface area contributed by atoms with Crippen LogP contribution in [0.25, 0.3) is 11.2 Å². The van der Waals surface area contributed by atoms with Crippen LogP contribution in [-0.2, 0) is 22.7 Å². The molecule has 5 rings (SSSR count). The molecule has 1 aliphatic heterocycles. The normalized spacial score (nSPS) is 17.6. The van der Waals surface area contributed by atoms with Gasteiger partial charge in [-0.15, -0.1) is 0 Å². The van der Waals surface area contributed by atoms with Gasteiger partial charge >= 0.3 is 6.09 Å². The van der Waals surface area contributed by atoms with Gasteiger partial charge in [-0.25, -0.2) is 19.7 Å². The third-order valence-electron chi connectivity index (χ3n) is 6.94. The second-order valence-corrected chi connectivity index (χ2v) is 9.98. The molecule has 1 aromatic carbocycles. The minimum atomic E-state index is -1.37. The number of imidazole rings is 1. The topological polar surface area (TPSA) is 178 Å². The van der Waals surface area contributed by atoms with Crippen LogP contribution in [-0.4, -0.2) is 84.6 Å². The molecule has 2 atom stereocenters. The molecule has 2 aromatic heterocycles. The Morgan fingerprint density at radius 1 is 1.13 bits per heavy atom. The molecule has 0 spiro atoms. The van der Waals surface area contributed by atoms with Crippen molar-refractivity contribution in [3.8, 4) is 5.75 Å². The van der Waals surface area contributed by atoms with Gasteiger partial charge in [0.15, 0.2) is 17.6 Å². The Morgan fingerprint density at radius 3 is 2.56 bits per heavy atom. The van der Waals surface area contributed by atoms with Gasteiger partial charge in [0, 0.05) is 25.6 Å². The van der Waals surface area contributed by atoms with Gasteiger partial charge in [0.25, 0.3) is 5.91 Å². The molecule has 2 fully saturated rings. The Kier molecular flexibility index (Phi) is 8.19. The van der Waals surface area contributed by atoms with E-state index in [9.17, 15) is 19.8 Å². The highest BCUT2D eigenvalue weighted by Gasteiger charge is 2.32.